The van der Waals surface area contributed by atoms with Gasteiger partial charge < -0.3 is 5.32 Å². The first kappa shape index (κ1) is 14.2. The molecule has 0 unspecified atom stereocenters. The maximum absolute atomic E-state index is 12.9. The fourth-order valence-electron chi connectivity index (χ4n) is 2.54. The van der Waals surface area contributed by atoms with Gasteiger partial charge in [0.2, 0.25) is 0 Å². The third-order valence-corrected chi connectivity index (χ3v) is 3.56. The largest absolute Gasteiger partial charge is 0.419 e. The zero-order chi connectivity index (χ0) is 13.7. The topological polar surface area (TPSA) is 24.9 Å². The molecule has 1 heterocycles. The summed E-state index contributed by atoms with van der Waals surface area (Å²) in [5.41, 5.74) is -0.669. The van der Waals surface area contributed by atoms with Crippen molar-refractivity contribution >= 4 is 5.82 Å². The Morgan fingerprint density at radius 1 is 1.05 bits per heavy atom. The Kier molecular flexibility index (Phi) is 4.66. The molecule has 0 saturated heterocycles. The van der Waals surface area contributed by atoms with E-state index in [9.17, 15) is 13.2 Å². The maximum atomic E-state index is 12.9. The highest BCUT2D eigenvalue weighted by Gasteiger charge is 2.34. The van der Waals surface area contributed by atoms with E-state index in [1.54, 1.807) is 0 Å². The van der Waals surface area contributed by atoms with E-state index in [2.05, 4.69) is 10.3 Å². The molecule has 2 nitrogen and oxygen atoms in total. The molecule has 0 aromatic carbocycles. The number of alkyl halides is 3. The van der Waals surface area contributed by atoms with Gasteiger partial charge >= 0.3 is 6.18 Å². The highest BCUT2D eigenvalue weighted by atomic mass is 19.4. The highest BCUT2D eigenvalue weighted by molar-refractivity contribution is 5.46. The number of nitrogens with zero attached hydrogens (tertiary/aromatic N) is 1. The number of anilines is 1. The SMILES string of the molecule is FC(F)(F)c1cccnc1NC1CCCCCCC1. The van der Waals surface area contributed by atoms with Crippen molar-refractivity contribution in [3.05, 3.63) is 23.9 Å². The molecule has 1 aliphatic carbocycles. The van der Waals surface area contributed by atoms with Crippen molar-refractivity contribution in [1.82, 2.24) is 4.98 Å². The van der Waals surface area contributed by atoms with Crippen LogP contribution in [0.3, 0.4) is 0 Å². The van der Waals surface area contributed by atoms with E-state index in [0.29, 0.717) is 0 Å². The summed E-state index contributed by atoms with van der Waals surface area (Å²) in [4.78, 5) is 3.86. The normalized spacial score (nSPS) is 18.7. The van der Waals surface area contributed by atoms with Gasteiger partial charge in [-0.25, -0.2) is 4.98 Å². The second-order valence-corrected chi connectivity index (χ2v) is 5.08. The van der Waals surface area contributed by atoms with Crippen LogP contribution >= 0.6 is 0 Å². The second kappa shape index (κ2) is 6.26. The van der Waals surface area contributed by atoms with Crippen molar-refractivity contribution in [2.24, 2.45) is 0 Å². The van der Waals surface area contributed by atoms with Crippen LogP contribution in [0.4, 0.5) is 19.0 Å². The number of rotatable bonds is 2. The molecule has 0 amide bonds. The molecule has 1 aromatic rings. The van der Waals surface area contributed by atoms with E-state index in [4.69, 9.17) is 0 Å². The van der Waals surface area contributed by atoms with E-state index in [1.165, 1.54) is 31.5 Å². The van der Waals surface area contributed by atoms with Crippen LogP contribution in [-0.4, -0.2) is 11.0 Å². The number of nitrogens with one attached hydrogen (secondary N) is 1. The van der Waals surface area contributed by atoms with Gasteiger partial charge in [-0.05, 0) is 25.0 Å². The smallest absolute Gasteiger partial charge is 0.367 e. The van der Waals surface area contributed by atoms with Gasteiger partial charge in [-0.2, -0.15) is 13.2 Å². The van der Waals surface area contributed by atoms with Crippen molar-refractivity contribution in [1.29, 1.82) is 0 Å². The molecule has 106 valence electrons. The Morgan fingerprint density at radius 2 is 1.68 bits per heavy atom. The van der Waals surface area contributed by atoms with E-state index >= 15 is 0 Å². The quantitative estimate of drug-likeness (QED) is 0.849. The average Bonchev–Trinajstić information content (AvgIpc) is 2.32. The van der Waals surface area contributed by atoms with Gasteiger partial charge in [-0.3, -0.25) is 0 Å². The Labute approximate surface area is 111 Å². The van der Waals surface area contributed by atoms with Crippen LogP contribution in [0, 0.1) is 0 Å². The number of hydrogen-bond donors (Lipinski definition) is 1. The van der Waals surface area contributed by atoms with Gasteiger partial charge in [-0.15, -0.1) is 0 Å². The predicted octanol–water partition coefficient (Wildman–Crippen LogP) is 4.63. The van der Waals surface area contributed by atoms with E-state index in [-0.39, 0.29) is 11.9 Å². The van der Waals surface area contributed by atoms with Crippen LogP contribution in [0.25, 0.3) is 0 Å². The summed E-state index contributed by atoms with van der Waals surface area (Å²) in [7, 11) is 0. The summed E-state index contributed by atoms with van der Waals surface area (Å²) in [6, 6.07) is 2.51. The van der Waals surface area contributed by atoms with Gasteiger partial charge in [-0.1, -0.05) is 32.1 Å². The number of hydrogen-bond acceptors (Lipinski definition) is 2. The first-order valence-corrected chi connectivity index (χ1v) is 6.86. The van der Waals surface area contributed by atoms with Crippen molar-refractivity contribution < 1.29 is 13.2 Å². The number of halogens is 3. The Morgan fingerprint density at radius 3 is 2.32 bits per heavy atom. The monoisotopic (exact) mass is 272 g/mol. The van der Waals surface area contributed by atoms with Crippen molar-refractivity contribution in [2.45, 2.75) is 57.2 Å². The average molecular weight is 272 g/mol. The minimum Gasteiger partial charge on any atom is -0.367 e. The summed E-state index contributed by atoms with van der Waals surface area (Å²) >= 11 is 0. The molecule has 1 aliphatic rings. The van der Waals surface area contributed by atoms with Crippen LogP contribution in [-0.2, 0) is 6.18 Å². The first-order chi connectivity index (χ1) is 9.07. The number of pyridine rings is 1. The molecule has 5 heteroatoms. The van der Waals surface area contributed by atoms with E-state index in [0.717, 1.165) is 31.7 Å². The van der Waals surface area contributed by atoms with E-state index < -0.39 is 11.7 Å². The maximum Gasteiger partial charge on any atom is 0.419 e. The summed E-state index contributed by atoms with van der Waals surface area (Å²) in [5, 5.41) is 2.99. The fourth-order valence-corrected chi connectivity index (χ4v) is 2.54. The molecule has 19 heavy (non-hydrogen) atoms. The van der Waals surface area contributed by atoms with Gasteiger partial charge in [0.15, 0.2) is 0 Å². The van der Waals surface area contributed by atoms with Crippen molar-refractivity contribution in [3.8, 4) is 0 Å². The van der Waals surface area contributed by atoms with Gasteiger partial charge in [0.1, 0.15) is 5.82 Å². The summed E-state index contributed by atoms with van der Waals surface area (Å²) in [6.07, 6.45) is 4.64. The van der Waals surface area contributed by atoms with Crippen LogP contribution in [0.2, 0.25) is 0 Å². The predicted molar refractivity (Wildman–Crippen MR) is 69.0 cm³/mol. The van der Waals surface area contributed by atoms with Gasteiger partial charge in [0.05, 0.1) is 5.56 Å². The number of aromatic nitrogens is 1. The molecule has 0 spiro atoms. The minimum absolute atomic E-state index is 0.0272. The lowest BCUT2D eigenvalue weighted by atomic mass is 9.96. The highest BCUT2D eigenvalue weighted by Crippen LogP contribution is 2.34. The Hall–Kier alpha value is -1.26. The lowest BCUT2D eigenvalue weighted by molar-refractivity contribution is -0.137. The molecule has 1 N–H and O–H groups in total. The summed E-state index contributed by atoms with van der Waals surface area (Å²) in [6.45, 7) is 0. The molecule has 0 atom stereocenters. The van der Waals surface area contributed by atoms with Crippen molar-refractivity contribution in [2.75, 3.05) is 5.32 Å². The molecule has 1 saturated carbocycles. The zero-order valence-electron chi connectivity index (χ0n) is 10.8. The second-order valence-electron chi connectivity index (χ2n) is 5.08. The molecular weight excluding hydrogens is 253 g/mol. The third-order valence-electron chi connectivity index (χ3n) is 3.56. The molecule has 0 bridgehead atoms. The first-order valence-electron chi connectivity index (χ1n) is 6.86. The zero-order valence-corrected chi connectivity index (χ0v) is 10.8. The standard InChI is InChI=1S/C14H19F3N2/c15-14(16,17)12-9-6-10-18-13(12)19-11-7-4-2-1-3-5-8-11/h6,9-11H,1-5,7-8H2,(H,18,19). The molecule has 1 aromatic heterocycles. The summed E-state index contributed by atoms with van der Waals surface area (Å²) < 4.78 is 38.6. The van der Waals surface area contributed by atoms with Crippen molar-refractivity contribution in [3.63, 3.8) is 0 Å². The Balaban J connectivity index is 2.09. The molecule has 0 aliphatic heterocycles. The van der Waals surface area contributed by atoms with Crippen LogP contribution in [0.5, 0.6) is 0 Å². The molecule has 1 fully saturated rings. The minimum atomic E-state index is -4.35. The fraction of sp³-hybridized carbons (Fsp3) is 0.643. The lowest BCUT2D eigenvalue weighted by Gasteiger charge is -2.23. The van der Waals surface area contributed by atoms with Crippen LogP contribution in [0.15, 0.2) is 18.3 Å². The Bertz CT molecular complexity index is 396. The summed E-state index contributed by atoms with van der Waals surface area (Å²) in [5.74, 6) is -0.0272. The lowest BCUT2D eigenvalue weighted by Crippen LogP contribution is -2.23. The van der Waals surface area contributed by atoms with Gasteiger partial charge in [0, 0.05) is 12.2 Å². The van der Waals surface area contributed by atoms with Gasteiger partial charge in [0.25, 0.3) is 0 Å². The molecular formula is C14H19F3N2. The molecule has 0 radical (unpaired) electrons. The molecule has 2 rings (SSSR count). The third kappa shape index (κ3) is 4.11. The van der Waals surface area contributed by atoms with Crippen LogP contribution < -0.4 is 5.32 Å². The van der Waals surface area contributed by atoms with E-state index in [1.807, 2.05) is 0 Å². The van der Waals surface area contributed by atoms with Crippen LogP contribution in [0.1, 0.15) is 50.5 Å².